The number of H-pyrrole nitrogens is 1. The van der Waals surface area contributed by atoms with Crippen LogP contribution in [0, 0.1) is 11.6 Å². The molecule has 4 rings (SSSR count). The topological polar surface area (TPSA) is 98.0 Å². The van der Waals surface area contributed by atoms with Crippen LogP contribution in [-0.2, 0) is 40.6 Å². The summed E-state index contributed by atoms with van der Waals surface area (Å²) in [6, 6.07) is 0. The van der Waals surface area contributed by atoms with E-state index in [4.69, 9.17) is 9.68 Å². The van der Waals surface area contributed by atoms with Crippen LogP contribution in [0.5, 0.6) is 0 Å². The van der Waals surface area contributed by atoms with Crippen molar-refractivity contribution in [3.05, 3.63) is 67.0 Å². The summed E-state index contributed by atoms with van der Waals surface area (Å²) in [7, 11) is 1.08. The first-order valence-electron chi connectivity index (χ1n) is 12.3. The number of hydrogen-bond acceptors (Lipinski definition) is 8. The summed E-state index contributed by atoms with van der Waals surface area (Å²) in [6.45, 7) is 7.12. The summed E-state index contributed by atoms with van der Waals surface area (Å²) >= 11 is 1.86. The fourth-order valence-electron chi connectivity index (χ4n) is 3.73. The maximum absolute atomic E-state index is 14.0. The van der Waals surface area contributed by atoms with Crippen molar-refractivity contribution in [3.63, 3.8) is 0 Å². The molecular weight excluding hydrogens is 636 g/mol. The molecule has 0 radical (unpaired) electrons. The van der Waals surface area contributed by atoms with Crippen molar-refractivity contribution in [2.75, 3.05) is 0 Å². The molecule has 0 aliphatic carbocycles. The van der Waals surface area contributed by atoms with E-state index in [2.05, 4.69) is 10.3 Å². The summed E-state index contributed by atoms with van der Waals surface area (Å²) < 4.78 is 106. The highest BCUT2D eigenvalue weighted by Crippen LogP contribution is 2.37. The smallest absolute Gasteiger partial charge is 0.389 e. The molecule has 0 atom stereocenters. The zero-order valence-electron chi connectivity index (χ0n) is 23.3. The highest BCUT2D eigenvalue weighted by molar-refractivity contribution is 8.13. The number of pyridine rings is 2. The predicted octanol–water partition coefficient (Wildman–Crippen LogP) is 6.57. The maximum atomic E-state index is 14.0. The van der Waals surface area contributed by atoms with Crippen LogP contribution in [-0.4, -0.2) is 30.8 Å². The lowest BCUT2D eigenvalue weighted by atomic mass is 10.1. The van der Waals surface area contributed by atoms with Crippen LogP contribution >= 0.6 is 23.5 Å². The number of nitrogens with one attached hydrogen (secondary N) is 1. The van der Waals surface area contributed by atoms with Crippen LogP contribution in [0.4, 0.5) is 35.1 Å². The second kappa shape index (κ2) is 12.5. The Morgan fingerprint density at radius 2 is 1.28 bits per heavy atom. The molecule has 2 aromatic rings. The Bertz CT molecular complexity index is 1550. The molecule has 0 saturated heterocycles. The molecule has 2 aromatic heterocycles. The van der Waals surface area contributed by atoms with E-state index in [1.54, 1.807) is 32.7 Å². The minimum Gasteiger partial charge on any atom is -0.389 e. The van der Waals surface area contributed by atoms with Gasteiger partial charge in [-0.2, -0.15) is 26.3 Å². The third-order valence-electron chi connectivity index (χ3n) is 5.88. The van der Waals surface area contributed by atoms with Gasteiger partial charge in [-0.05, 0) is 27.7 Å². The molecule has 0 amide bonds. The molecule has 2 aliphatic rings. The highest BCUT2D eigenvalue weighted by Gasteiger charge is 2.38. The number of aromatic amines is 1. The lowest BCUT2D eigenvalue weighted by Crippen LogP contribution is -2.26. The van der Waals surface area contributed by atoms with E-state index in [1.165, 1.54) is 0 Å². The van der Waals surface area contributed by atoms with Gasteiger partial charge in [0.25, 0.3) is 11.1 Å². The predicted molar refractivity (Wildman–Crippen MR) is 146 cm³/mol. The first kappa shape index (κ1) is 34.5. The number of rotatable bonds is 4. The Labute approximate surface area is 247 Å². The average Bonchev–Trinajstić information content (AvgIpc) is 3.41. The SMILES string of the molecule is CC1(C)CC(SCc2c(C(F)(F)F)c[nH]c(=O)c2F)=NO1.Cn1cc(C(F)(F)F)c(CSC2=NOC(C)(C)C2)c(F)c1=O. The Hall–Kier alpha value is -3.02. The number of nitrogens with zero attached hydrogens (tertiary/aromatic N) is 3. The Morgan fingerprint density at radius 3 is 1.67 bits per heavy atom. The number of oxime groups is 2. The van der Waals surface area contributed by atoms with Crippen LogP contribution in [0.25, 0.3) is 0 Å². The highest BCUT2D eigenvalue weighted by atomic mass is 32.2. The lowest BCUT2D eigenvalue weighted by Gasteiger charge is -2.15. The summed E-state index contributed by atoms with van der Waals surface area (Å²) in [5, 5.41) is 8.43. The molecule has 0 spiro atoms. The van der Waals surface area contributed by atoms with Gasteiger partial charge in [-0.3, -0.25) is 9.59 Å². The van der Waals surface area contributed by atoms with Crippen molar-refractivity contribution in [1.82, 2.24) is 9.55 Å². The van der Waals surface area contributed by atoms with Gasteiger partial charge in [0.2, 0.25) is 0 Å². The number of aryl methyl sites for hydroxylation is 1. The zero-order chi connectivity index (χ0) is 32.5. The third kappa shape index (κ3) is 8.77. The van der Waals surface area contributed by atoms with Gasteiger partial charge >= 0.3 is 12.4 Å². The Morgan fingerprint density at radius 1 is 0.837 bits per heavy atom. The van der Waals surface area contributed by atoms with E-state index in [1.807, 2.05) is 0 Å². The molecule has 8 nitrogen and oxygen atoms in total. The second-order valence-corrected chi connectivity index (χ2v) is 12.8. The number of halogens is 8. The molecule has 0 saturated carbocycles. The fourth-order valence-corrected chi connectivity index (χ4v) is 5.99. The molecular formula is C25H26F8N4O4S2. The summed E-state index contributed by atoms with van der Waals surface area (Å²) in [6.07, 6.45) is -7.55. The minimum atomic E-state index is -4.74. The van der Waals surface area contributed by atoms with Crippen LogP contribution in [0.1, 0.15) is 62.8 Å². The van der Waals surface area contributed by atoms with Gasteiger partial charge in [-0.25, -0.2) is 8.78 Å². The van der Waals surface area contributed by atoms with E-state index < -0.39 is 68.6 Å². The van der Waals surface area contributed by atoms with Gasteiger partial charge < -0.3 is 19.2 Å². The molecule has 18 heteroatoms. The van der Waals surface area contributed by atoms with Gasteiger partial charge in [0, 0.05) is 54.9 Å². The number of hydrogen-bond donors (Lipinski definition) is 1. The molecule has 0 unspecified atom stereocenters. The van der Waals surface area contributed by atoms with Crippen molar-refractivity contribution in [1.29, 1.82) is 0 Å². The minimum absolute atomic E-state index is 0.338. The number of alkyl halides is 6. The van der Waals surface area contributed by atoms with E-state index in [-0.39, 0.29) is 11.5 Å². The monoisotopic (exact) mass is 662 g/mol. The van der Waals surface area contributed by atoms with Crippen LogP contribution in [0.3, 0.4) is 0 Å². The van der Waals surface area contributed by atoms with Crippen molar-refractivity contribution in [3.8, 4) is 0 Å². The molecule has 43 heavy (non-hydrogen) atoms. The van der Waals surface area contributed by atoms with Gasteiger partial charge in [-0.1, -0.05) is 10.3 Å². The molecule has 0 bridgehead atoms. The number of aromatic nitrogens is 2. The first-order valence-corrected chi connectivity index (χ1v) is 14.3. The van der Waals surface area contributed by atoms with Gasteiger partial charge in [0.1, 0.15) is 21.3 Å². The van der Waals surface area contributed by atoms with Gasteiger partial charge in [0.05, 0.1) is 11.1 Å². The average molecular weight is 663 g/mol. The van der Waals surface area contributed by atoms with Gasteiger partial charge in [-0.15, -0.1) is 23.5 Å². The van der Waals surface area contributed by atoms with Crippen molar-refractivity contribution in [2.24, 2.45) is 17.4 Å². The number of thioether (sulfide) groups is 2. The van der Waals surface area contributed by atoms with E-state index in [0.29, 0.717) is 39.9 Å². The summed E-state index contributed by atoms with van der Waals surface area (Å²) in [5.74, 6) is -3.49. The second-order valence-electron chi connectivity index (χ2n) is 10.7. The van der Waals surface area contributed by atoms with E-state index in [0.717, 1.165) is 30.6 Å². The Balaban J connectivity index is 0.000000236. The molecule has 238 valence electrons. The van der Waals surface area contributed by atoms with Crippen molar-refractivity contribution < 1.29 is 44.8 Å². The lowest BCUT2D eigenvalue weighted by molar-refractivity contribution is -0.139. The molecule has 0 aromatic carbocycles. The largest absolute Gasteiger partial charge is 0.418 e. The quantitative estimate of drug-likeness (QED) is 0.373. The van der Waals surface area contributed by atoms with E-state index >= 15 is 0 Å². The van der Waals surface area contributed by atoms with Crippen LogP contribution in [0.15, 0.2) is 32.3 Å². The summed E-state index contributed by atoms with van der Waals surface area (Å²) in [5.41, 5.74) is -7.00. The standard InChI is InChI=1S/C13H14F4N2O2S.C12H12F4N2O2S/c1-12(2)4-9(18-21-12)22-6-7-8(13(15,16)17)5-19(3)11(20)10(7)14;1-11(2)3-8(18-20-11)21-5-6-7(12(14,15)16)4-17-10(19)9(6)13/h5H,4,6H2,1-3H3;4H,3,5H2,1-2H3,(H,17,19). The molecule has 2 aliphatic heterocycles. The third-order valence-corrected chi connectivity index (χ3v) is 7.85. The molecule has 4 heterocycles. The zero-order valence-corrected chi connectivity index (χ0v) is 24.9. The maximum Gasteiger partial charge on any atom is 0.418 e. The van der Waals surface area contributed by atoms with E-state index in [9.17, 15) is 44.7 Å². The first-order chi connectivity index (χ1) is 19.6. The van der Waals surface area contributed by atoms with Crippen molar-refractivity contribution in [2.45, 2.75) is 75.6 Å². The van der Waals surface area contributed by atoms with Crippen molar-refractivity contribution >= 4 is 33.6 Å². The summed E-state index contributed by atoms with van der Waals surface area (Å²) in [4.78, 5) is 34.6. The van der Waals surface area contributed by atoms with Gasteiger partial charge in [0.15, 0.2) is 11.6 Å². The fraction of sp³-hybridized carbons (Fsp3) is 0.520. The van der Waals surface area contributed by atoms with Crippen LogP contribution < -0.4 is 11.1 Å². The molecule has 1 N–H and O–H groups in total. The Kier molecular flexibility index (Phi) is 10.0. The van der Waals surface area contributed by atoms with Crippen LogP contribution in [0.2, 0.25) is 0 Å². The molecule has 0 fully saturated rings. The normalized spacial score (nSPS) is 17.4.